The molecule has 0 aliphatic rings. The van der Waals surface area contributed by atoms with Crippen LogP contribution in [0.2, 0.25) is 0 Å². The van der Waals surface area contributed by atoms with Crippen molar-refractivity contribution in [2.75, 3.05) is 0 Å². The first-order chi connectivity index (χ1) is 12.4. The van der Waals surface area contributed by atoms with E-state index in [9.17, 15) is 19.1 Å². The van der Waals surface area contributed by atoms with Gasteiger partial charge in [0.25, 0.3) is 0 Å². The smallest absolute Gasteiger partial charge is 0.468 e. The van der Waals surface area contributed by atoms with Crippen LogP contribution in [0.25, 0.3) is 0 Å². The van der Waals surface area contributed by atoms with E-state index >= 15 is 0 Å². The predicted molar refractivity (Wildman–Crippen MR) is 96.8 cm³/mol. The fourth-order valence-corrected chi connectivity index (χ4v) is 2.73. The van der Waals surface area contributed by atoms with Crippen molar-refractivity contribution in [3.8, 4) is 0 Å². The van der Waals surface area contributed by atoms with Gasteiger partial charge in [-0.25, -0.2) is 4.39 Å². The van der Waals surface area contributed by atoms with Gasteiger partial charge in [-0.3, -0.25) is 0 Å². The van der Waals surface area contributed by atoms with E-state index in [1.807, 2.05) is 18.2 Å². The summed E-state index contributed by atoms with van der Waals surface area (Å²) in [6.07, 6.45) is 1.29. The maximum atomic E-state index is 13.0. The Labute approximate surface area is 183 Å². The van der Waals surface area contributed by atoms with E-state index in [-0.39, 0.29) is 49.3 Å². The van der Waals surface area contributed by atoms with Crippen molar-refractivity contribution in [3.05, 3.63) is 78.5 Å². The van der Waals surface area contributed by atoms with E-state index in [1.165, 1.54) is 24.3 Å². The minimum atomic E-state index is -0.818. The number of nitrogens with zero attached hydrogens (tertiary/aromatic N) is 1. The molecule has 0 aromatic heterocycles. The molecule has 0 unspecified atom stereocenters. The summed E-state index contributed by atoms with van der Waals surface area (Å²) in [5.74, 6) is -1.01. The Kier molecular flexibility index (Phi) is 9.93. The third-order valence-corrected chi connectivity index (χ3v) is 4.43. The number of hydrogen-bond donors (Lipinski definition) is 1. The maximum absolute atomic E-state index is 13.0. The Balaban J connectivity index is 0.00000364. The summed E-state index contributed by atoms with van der Waals surface area (Å²) in [5, 5.41) is 10.3. The van der Waals surface area contributed by atoms with Crippen LogP contribution in [0, 0.1) is 49.8 Å². The molecular formula is C21H22FNO3U. The van der Waals surface area contributed by atoms with Crippen molar-refractivity contribution in [2.45, 2.75) is 31.9 Å². The van der Waals surface area contributed by atoms with Crippen LogP contribution in [-0.4, -0.2) is 22.3 Å². The van der Waals surface area contributed by atoms with Gasteiger partial charge in [0.2, 0.25) is 0 Å². The monoisotopic (exact) mass is 593 g/mol. The molecule has 0 fully saturated rings. The van der Waals surface area contributed by atoms with Gasteiger partial charge in [-0.15, -0.1) is 0 Å². The summed E-state index contributed by atoms with van der Waals surface area (Å²) < 4.78 is 13.0. The van der Waals surface area contributed by atoms with Gasteiger partial charge in [-0.2, -0.15) is 0 Å². The van der Waals surface area contributed by atoms with Gasteiger partial charge in [0, 0.05) is 0 Å². The molecule has 1 N–H and O–H groups in total. The first kappa shape index (κ1) is 23.6. The third kappa shape index (κ3) is 6.57. The first-order valence-electron chi connectivity index (χ1n) is 8.45. The van der Waals surface area contributed by atoms with E-state index in [0.717, 1.165) is 10.5 Å². The van der Waals surface area contributed by atoms with Crippen molar-refractivity contribution in [3.63, 3.8) is 0 Å². The zero-order valence-corrected chi connectivity index (χ0v) is 19.3. The number of carbonyl (C=O) groups excluding carboxylic acids is 2. The van der Waals surface area contributed by atoms with Crippen LogP contribution < -0.4 is 0 Å². The summed E-state index contributed by atoms with van der Waals surface area (Å²) in [7, 11) is 0. The zero-order valence-electron chi connectivity index (χ0n) is 15.1. The Morgan fingerprint density at radius 3 is 2.30 bits per heavy atom. The average Bonchev–Trinajstić information content (AvgIpc) is 2.67. The molecule has 3 atom stereocenters. The number of aliphatic hydroxyl groups excluding tert-OH is 1. The van der Waals surface area contributed by atoms with Crippen molar-refractivity contribution < 1.29 is 50.2 Å². The van der Waals surface area contributed by atoms with Crippen LogP contribution in [0.5, 0.6) is 0 Å². The molecule has 0 aliphatic carbocycles. The summed E-state index contributed by atoms with van der Waals surface area (Å²) >= 11 is 0. The SMILES string of the molecule is [CH2-][C@H](c1ccccc1)N([C-]=O)C(=O)CC[C@H](C)[C@H](O)c1ccc(F)cc1.[U+2]. The quantitative estimate of drug-likeness (QED) is 0.375. The normalized spacial score (nSPS) is 13.8. The largest absolute Gasteiger partial charge is 2.00 e. The number of aliphatic hydroxyl groups is 1. The Morgan fingerprint density at radius 1 is 1.15 bits per heavy atom. The molecule has 0 spiro atoms. The van der Waals surface area contributed by atoms with Crippen LogP contribution in [0.1, 0.15) is 43.0 Å². The first-order valence-corrected chi connectivity index (χ1v) is 8.45. The van der Waals surface area contributed by atoms with Crippen LogP contribution in [0.15, 0.2) is 54.6 Å². The summed E-state index contributed by atoms with van der Waals surface area (Å²) in [6, 6.07) is 14.0. The van der Waals surface area contributed by atoms with Crippen LogP contribution in [0.3, 0.4) is 0 Å². The van der Waals surface area contributed by atoms with Crippen molar-refractivity contribution in [2.24, 2.45) is 5.92 Å². The van der Waals surface area contributed by atoms with Gasteiger partial charge < -0.3 is 26.5 Å². The van der Waals surface area contributed by atoms with Crippen LogP contribution >= 0.6 is 0 Å². The third-order valence-electron chi connectivity index (χ3n) is 4.43. The van der Waals surface area contributed by atoms with Gasteiger partial charge in [-0.1, -0.05) is 67.4 Å². The number of rotatable bonds is 8. The van der Waals surface area contributed by atoms with Crippen LogP contribution in [-0.2, 0) is 9.59 Å². The summed E-state index contributed by atoms with van der Waals surface area (Å²) in [6.45, 7) is 5.68. The number of halogens is 1. The topological polar surface area (TPSA) is 57.6 Å². The van der Waals surface area contributed by atoms with E-state index in [1.54, 1.807) is 25.5 Å². The van der Waals surface area contributed by atoms with E-state index in [0.29, 0.717) is 12.0 Å². The maximum Gasteiger partial charge on any atom is 2.00 e. The standard InChI is InChI=1S/C21H22FNO3.U/c1-15(21(26)18-9-11-19(22)12-10-18)8-13-20(25)23(14-24)16(2)17-6-4-3-5-7-17;/h3-7,9-12,15-16,21,26H,2,8,13H2,1H3;/q-2;+2/t15-,16+,21-;/m0./s1. The number of amides is 2. The fraction of sp³-hybridized carbons (Fsp3) is 0.286. The number of imide groups is 1. The van der Waals surface area contributed by atoms with Crippen molar-refractivity contribution in [1.29, 1.82) is 0 Å². The van der Waals surface area contributed by atoms with Crippen molar-refractivity contribution >= 4 is 12.3 Å². The molecule has 0 aliphatic heterocycles. The van der Waals surface area contributed by atoms with Gasteiger partial charge in [0.05, 0.1) is 18.4 Å². The molecule has 2 aromatic rings. The predicted octanol–water partition coefficient (Wildman–Crippen LogP) is 3.75. The summed E-state index contributed by atoms with van der Waals surface area (Å²) in [5.41, 5.74) is 1.33. The molecule has 2 aromatic carbocycles. The molecule has 0 saturated heterocycles. The van der Waals surface area contributed by atoms with E-state index in [2.05, 4.69) is 6.92 Å². The van der Waals surface area contributed by atoms with Crippen LogP contribution in [0.4, 0.5) is 4.39 Å². The molecule has 0 heterocycles. The second-order valence-corrected chi connectivity index (χ2v) is 6.29. The van der Waals surface area contributed by atoms with Gasteiger partial charge in [-0.05, 0) is 30.0 Å². The summed E-state index contributed by atoms with van der Waals surface area (Å²) in [4.78, 5) is 24.6. The second-order valence-electron chi connectivity index (χ2n) is 6.29. The van der Waals surface area contributed by atoms with Crippen molar-refractivity contribution in [1.82, 2.24) is 4.90 Å². The Bertz CT molecular complexity index is 724. The van der Waals surface area contributed by atoms with E-state index in [4.69, 9.17) is 0 Å². The van der Waals surface area contributed by atoms with E-state index < -0.39 is 18.1 Å². The number of benzene rings is 2. The molecular weight excluding hydrogens is 571 g/mol. The molecule has 4 nitrogen and oxygen atoms in total. The molecule has 140 valence electrons. The van der Waals surface area contributed by atoms with Gasteiger partial charge >= 0.3 is 31.1 Å². The molecule has 2 amide bonds. The molecule has 2 rings (SSSR count). The molecule has 6 heteroatoms. The number of hydrogen-bond acceptors (Lipinski definition) is 3. The minimum Gasteiger partial charge on any atom is -0.468 e. The molecule has 0 saturated carbocycles. The molecule has 0 bridgehead atoms. The fourth-order valence-electron chi connectivity index (χ4n) is 2.73. The Hall–Kier alpha value is -1.48. The van der Waals surface area contributed by atoms with Gasteiger partial charge in [0.1, 0.15) is 5.82 Å². The molecule has 27 heavy (non-hydrogen) atoms. The number of carbonyl (C=O) groups is 1. The zero-order chi connectivity index (χ0) is 19.1. The van der Waals surface area contributed by atoms with Gasteiger partial charge in [0.15, 0.2) is 0 Å². The average molecular weight is 593 g/mol. The minimum absolute atomic E-state index is 0. The Morgan fingerprint density at radius 2 is 1.74 bits per heavy atom. The molecule has 0 radical (unpaired) electrons. The second kappa shape index (κ2) is 11.4.